The van der Waals surface area contributed by atoms with Gasteiger partial charge in [0.15, 0.2) is 0 Å². The Morgan fingerprint density at radius 3 is 2.33 bits per heavy atom. The summed E-state index contributed by atoms with van der Waals surface area (Å²) in [5, 5.41) is 3.08. The van der Waals surface area contributed by atoms with Gasteiger partial charge in [0.2, 0.25) is 5.91 Å². The SMILES string of the molecule is CC.NC(=O)CCNc1ccc(Br)cc1. The number of hydrogen-bond acceptors (Lipinski definition) is 2. The van der Waals surface area contributed by atoms with E-state index < -0.39 is 0 Å². The first-order chi connectivity index (χ1) is 7.18. The molecule has 0 spiro atoms. The smallest absolute Gasteiger partial charge is 0.219 e. The predicted octanol–water partition coefficient (Wildman–Crippen LogP) is 2.76. The van der Waals surface area contributed by atoms with E-state index in [0.29, 0.717) is 13.0 Å². The highest BCUT2D eigenvalue weighted by molar-refractivity contribution is 9.10. The van der Waals surface area contributed by atoms with Gasteiger partial charge in [0, 0.05) is 23.1 Å². The van der Waals surface area contributed by atoms with E-state index in [1.165, 1.54) is 0 Å². The predicted molar refractivity (Wildman–Crippen MR) is 67.8 cm³/mol. The van der Waals surface area contributed by atoms with E-state index in [2.05, 4.69) is 21.2 Å². The highest BCUT2D eigenvalue weighted by Crippen LogP contribution is 2.13. The number of carbonyl (C=O) groups is 1. The molecule has 0 atom stereocenters. The second kappa shape index (κ2) is 8.29. The van der Waals surface area contributed by atoms with Crippen molar-refractivity contribution in [2.75, 3.05) is 11.9 Å². The Morgan fingerprint density at radius 1 is 1.33 bits per heavy atom. The number of amides is 1. The molecule has 84 valence electrons. The molecule has 0 saturated carbocycles. The van der Waals surface area contributed by atoms with E-state index in [4.69, 9.17) is 5.73 Å². The molecule has 0 aromatic heterocycles. The van der Waals surface area contributed by atoms with E-state index >= 15 is 0 Å². The molecule has 0 aliphatic heterocycles. The number of anilines is 1. The van der Waals surface area contributed by atoms with Crippen LogP contribution < -0.4 is 11.1 Å². The fraction of sp³-hybridized carbons (Fsp3) is 0.364. The van der Waals surface area contributed by atoms with Crippen molar-refractivity contribution in [2.24, 2.45) is 5.73 Å². The molecule has 1 rings (SSSR count). The summed E-state index contributed by atoms with van der Waals surface area (Å²) in [6.45, 7) is 4.58. The number of nitrogens with two attached hydrogens (primary N) is 1. The van der Waals surface area contributed by atoms with E-state index in [-0.39, 0.29) is 5.91 Å². The molecule has 1 amide bonds. The Balaban J connectivity index is 0.000000921. The summed E-state index contributed by atoms with van der Waals surface area (Å²) in [4.78, 5) is 10.4. The van der Waals surface area contributed by atoms with E-state index in [9.17, 15) is 4.79 Å². The summed E-state index contributed by atoms with van der Waals surface area (Å²) in [5.41, 5.74) is 5.98. The van der Waals surface area contributed by atoms with Crippen LogP contribution >= 0.6 is 15.9 Å². The lowest BCUT2D eigenvalue weighted by Crippen LogP contribution is -2.15. The molecule has 0 fully saturated rings. The van der Waals surface area contributed by atoms with E-state index in [1.807, 2.05) is 38.1 Å². The lowest BCUT2D eigenvalue weighted by atomic mass is 10.3. The second-order valence-electron chi connectivity index (χ2n) is 2.65. The van der Waals surface area contributed by atoms with Gasteiger partial charge in [-0.15, -0.1) is 0 Å². The van der Waals surface area contributed by atoms with Crippen molar-refractivity contribution < 1.29 is 4.79 Å². The van der Waals surface area contributed by atoms with Crippen LogP contribution in [-0.2, 0) is 4.79 Å². The normalized spacial score (nSPS) is 8.73. The van der Waals surface area contributed by atoms with Gasteiger partial charge in [0.05, 0.1) is 0 Å². The van der Waals surface area contributed by atoms with Gasteiger partial charge in [-0.1, -0.05) is 29.8 Å². The fourth-order valence-corrected chi connectivity index (χ4v) is 1.16. The van der Waals surface area contributed by atoms with Gasteiger partial charge in [-0.3, -0.25) is 4.79 Å². The van der Waals surface area contributed by atoms with Gasteiger partial charge in [0.25, 0.3) is 0 Å². The molecule has 0 bridgehead atoms. The standard InChI is InChI=1S/C9H11BrN2O.C2H6/c10-7-1-3-8(4-2-7)12-6-5-9(11)13;1-2/h1-4,12H,5-6H2,(H2,11,13);1-2H3. The Bertz CT molecular complexity index is 285. The number of nitrogens with one attached hydrogen (secondary N) is 1. The van der Waals surface area contributed by atoms with Crippen molar-refractivity contribution in [3.63, 3.8) is 0 Å². The third kappa shape index (κ3) is 6.96. The Kier molecular flexibility index (Phi) is 7.72. The van der Waals surface area contributed by atoms with Gasteiger partial charge in [-0.2, -0.15) is 0 Å². The number of rotatable bonds is 4. The van der Waals surface area contributed by atoms with Gasteiger partial charge >= 0.3 is 0 Å². The molecule has 0 aliphatic carbocycles. The van der Waals surface area contributed by atoms with Crippen molar-refractivity contribution in [1.82, 2.24) is 0 Å². The molecule has 1 aromatic rings. The van der Waals surface area contributed by atoms with Crippen LogP contribution in [0.3, 0.4) is 0 Å². The number of primary amides is 1. The van der Waals surface area contributed by atoms with Crippen LogP contribution in [0.15, 0.2) is 28.7 Å². The van der Waals surface area contributed by atoms with Crippen LogP contribution in [0.2, 0.25) is 0 Å². The Hall–Kier alpha value is -1.03. The van der Waals surface area contributed by atoms with Crippen LogP contribution in [0.25, 0.3) is 0 Å². The van der Waals surface area contributed by atoms with Crippen molar-refractivity contribution >= 4 is 27.5 Å². The highest BCUT2D eigenvalue weighted by atomic mass is 79.9. The highest BCUT2D eigenvalue weighted by Gasteiger charge is 1.94. The first kappa shape index (κ1) is 14.0. The number of hydrogen-bond donors (Lipinski definition) is 2. The summed E-state index contributed by atoms with van der Waals surface area (Å²) >= 11 is 3.33. The zero-order chi connectivity index (χ0) is 11.7. The monoisotopic (exact) mass is 272 g/mol. The molecule has 3 N–H and O–H groups in total. The van der Waals surface area contributed by atoms with Crippen molar-refractivity contribution in [3.8, 4) is 0 Å². The minimum atomic E-state index is -0.287. The molecule has 15 heavy (non-hydrogen) atoms. The lowest BCUT2D eigenvalue weighted by Gasteiger charge is -2.03. The summed E-state index contributed by atoms with van der Waals surface area (Å²) in [7, 11) is 0. The second-order valence-corrected chi connectivity index (χ2v) is 3.57. The topological polar surface area (TPSA) is 55.1 Å². The zero-order valence-corrected chi connectivity index (χ0v) is 10.7. The average molecular weight is 273 g/mol. The van der Waals surface area contributed by atoms with Crippen molar-refractivity contribution in [3.05, 3.63) is 28.7 Å². The maximum atomic E-state index is 10.4. The third-order valence-corrected chi connectivity index (χ3v) is 2.07. The van der Waals surface area contributed by atoms with Gasteiger partial charge < -0.3 is 11.1 Å². The molecule has 3 nitrogen and oxygen atoms in total. The minimum absolute atomic E-state index is 0.287. The van der Waals surface area contributed by atoms with Crippen LogP contribution in [0.1, 0.15) is 20.3 Å². The molecular formula is C11H17BrN2O. The van der Waals surface area contributed by atoms with E-state index in [1.54, 1.807) is 0 Å². The van der Waals surface area contributed by atoms with Crippen molar-refractivity contribution in [1.29, 1.82) is 0 Å². The summed E-state index contributed by atoms with van der Waals surface area (Å²) in [6, 6.07) is 7.75. The van der Waals surface area contributed by atoms with Crippen LogP contribution in [-0.4, -0.2) is 12.5 Å². The first-order valence-corrected chi connectivity index (χ1v) is 5.75. The zero-order valence-electron chi connectivity index (χ0n) is 9.09. The summed E-state index contributed by atoms with van der Waals surface area (Å²) < 4.78 is 1.04. The van der Waals surface area contributed by atoms with Gasteiger partial charge in [-0.05, 0) is 24.3 Å². The van der Waals surface area contributed by atoms with E-state index in [0.717, 1.165) is 10.2 Å². The molecule has 0 aliphatic rings. The summed E-state index contributed by atoms with van der Waals surface area (Å²) in [6.07, 6.45) is 0.357. The third-order valence-electron chi connectivity index (χ3n) is 1.54. The molecule has 4 heteroatoms. The summed E-state index contributed by atoms with van der Waals surface area (Å²) in [5.74, 6) is -0.287. The van der Waals surface area contributed by atoms with Gasteiger partial charge in [0.1, 0.15) is 0 Å². The Morgan fingerprint density at radius 2 is 1.87 bits per heavy atom. The minimum Gasteiger partial charge on any atom is -0.385 e. The molecule has 0 saturated heterocycles. The number of halogens is 1. The molecule has 0 unspecified atom stereocenters. The molecular weight excluding hydrogens is 256 g/mol. The first-order valence-electron chi connectivity index (χ1n) is 4.96. The largest absolute Gasteiger partial charge is 0.385 e. The van der Waals surface area contributed by atoms with Crippen molar-refractivity contribution in [2.45, 2.75) is 20.3 Å². The number of carbonyl (C=O) groups excluding carboxylic acids is 1. The van der Waals surface area contributed by atoms with Crippen LogP contribution in [0.4, 0.5) is 5.69 Å². The van der Waals surface area contributed by atoms with Crippen LogP contribution in [0, 0.1) is 0 Å². The molecule has 1 aromatic carbocycles. The number of benzene rings is 1. The maximum absolute atomic E-state index is 10.4. The Labute approximate surface area is 99.2 Å². The molecule has 0 heterocycles. The van der Waals surface area contributed by atoms with Crippen LogP contribution in [0.5, 0.6) is 0 Å². The average Bonchev–Trinajstić information content (AvgIpc) is 2.23. The quantitative estimate of drug-likeness (QED) is 0.886. The lowest BCUT2D eigenvalue weighted by molar-refractivity contribution is -0.117. The fourth-order valence-electron chi connectivity index (χ4n) is 0.898. The molecule has 0 radical (unpaired) electrons. The maximum Gasteiger partial charge on any atom is 0.219 e. The van der Waals surface area contributed by atoms with Gasteiger partial charge in [-0.25, -0.2) is 0 Å².